The first kappa shape index (κ1) is 21.7. The number of benzene rings is 1. The van der Waals surface area contributed by atoms with Crippen molar-refractivity contribution in [1.82, 2.24) is 14.9 Å². The first-order chi connectivity index (χ1) is 14.8. The highest BCUT2D eigenvalue weighted by Crippen LogP contribution is 2.33. The Morgan fingerprint density at radius 1 is 1.10 bits per heavy atom. The van der Waals surface area contributed by atoms with Gasteiger partial charge in [-0.15, -0.1) is 0 Å². The van der Waals surface area contributed by atoms with Crippen molar-refractivity contribution in [3.63, 3.8) is 0 Å². The molecule has 0 saturated carbocycles. The molecule has 7 nitrogen and oxygen atoms in total. The summed E-state index contributed by atoms with van der Waals surface area (Å²) in [6.07, 6.45) is 4.89. The Bertz CT molecular complexity index is 904. The molecule has 1 fully saturated rings. The smallest absolute Gasteiger partial charge is 0.232 e. The van der Waals surface area contributed by atoms with Gasteiger partial charge in [-0.05, 0) is 36.1 Å². The number of aliphatic hydroxyl groups is 1. The van der Waals surface area contributed by atoms with Crippen LogP contribution in [0.25, 0.3) is 0 Å². The molecule has 1 saturated heterocycles. The lowest BCUT2D eigenvalue weighted by Gasteiger charge is -2.36. The molecule has 2 aromatic rings. The second kappa shape index (κ2) is 8.93. The fraction of sp³-hybridized carbons (Fsp3) is 0.542. The molecule has 3 heterocycles. The van der Waals surface area contributed by atoms with E-state index < -0.39 is 11.5 Å². The van der Waals surface area contributed by atoms with Crippen molar-refractivity contribution in [1.29, 1.82) is 0 Å². The fourth-order valence-corrected chi connectivity index (χ4v) is 4.38. The first-order valence-corrected chi connectivity index (χ1v) is 11.2. The summed E-state index contributed by atoms with van der Waals surface area (Å²) in [5.74, 6) is 0.925. The molecule has 166 valence electrons. The predicted octanol–water partition coefficient (Wildman–Crippen LogP) is 2.66. The lowest BCUT2D eigenvalue weighted by atomic mass is 9.91. The van der Waals surface area contributed by atoms with Crippen LogP contribution in [0.1, 0.15) is 44.4 Å². The third kappa shape index (κ3) is 4.88. The third-order valence-corrected chi connectivity index (χ3v) is 6.13. The number of β-amino-alcohol motifs (C(OH)–C–C–N with tert-alkyl or cyclic N) is 1. The largest absolute Gasteiger partial charge is 0.387 e. The quantitative estimate of drug-likeness (QED) is 0.815. The van der Waals surface area contributed by atoms with E-state index in [0.29, 0.717) is 6.54 Å². The van der Waals surface area contributed by atoms with E-state index in [1.54, 1.807) is 12.4 Å². The van der Waals surface area contributed by atoms with E-state index in [9.17, 15) is 9.90 Å². The monoisotopic (exact) mass is 423 g/mol. The van der Waals surface area contributed by atoms with Crippen molar-refractivity contribution in [2.75, 3.05) is 49.1 Å². The minimum absolute atomic E-state index is 0.155. The van der Waals surface area contributed by atoms with E-state index in [2.05, 4.69) is 25.8 Å². The van der Waals surface area contributed by atoms with Crippen molar-refractivity contribution in [3.8, 4) is 0 Å². The maximum atomic E-state index is 12.8. The van der Waals surface area contributed by atoms with Crippen molar-refractivity contribution in [3.05, 3.63) is 47.8 Å². The summed E-state index contributed by atoms with van der Waals surface area (Å²) in [5, 5.41) is 10.9. The van der Waals surface area contributed by atoms with Crippen LogP contribution in [-0.2, 0) is 11.2 Å². The first-order valence-electron chi connectivity index (χ1n) is 11.2. The van der Waals surface area contributed by atoms with Crippen LogP contribution >= 0.6 is 0 Å². The van der Waals surface area contributed by atoms with Gasteiger partial charge in [0.1, 0.15) is 0 Å². The average molecular weight is 424 g/mol. The minimum Gasteiger partial charge on any atom is -0.387 e. The SMILES string of the molecule is CC(C)(C)C(=O)N1CCCc2cc([C@@H](O)CN3CCN(c4ncccn4)CC3)ccc21. The van der Waals surface area contributed by atoms with Gasteiger partial charge in [-0.3, -0.25) is 9.69 Å². The van der Waals surface area contributed by atoms with Crippen LogP contribution in [0.4, 0.5) is 11.6 Å². The average Bonchev–Trinajstić information content (AvgIpc) is 2.78. The molecule has 0 spiro atoms. The van der Waals surface area contributed by atoms with Gasteiger partial charge in [-0.1, -0.05) is 32.9 Å². The third-order valence-electron chi connectivity index (χ3n) is 6.13. The summed E-state index contributed by atoms with van der Waals surface area (Å²) in [5.41, 5.74) is 2.68. The van der Waals surface area contributed by atoms with E-state index in [0.717, 1.165) is 68.3 Å². The Morgan fingerprint density at radius 3 is 2.48 bits per heavy atom. The molecule has 0 radical (unpaired) electrons. The molecule has 4 rings (SSSR count). The second-order valence-electron chi connectivity index (χ2n) is 9.55. The lowest BCUT2D eigenvalue weighted by Crippen LogP contribution is -2.48. The molecule has 2 aliphatic rings. The molecule has 0 aliphatic carbocycles. The fourth-order valence-electron chi connectivity index (χ4n) is 4.38. The summed E-state index contributed by atoms with van der Waals surface area (Å²) in [6.45, 7) is 10.7. The second-order valence-corrected chi connectivity index (χ2v) is 9.55. The molecule has 1 amide bonds. The number of piperazine rings is 1. The van der Waals surface area contributed by atoms with Crippen molar-refractivity contribution in [2.24, 2.45) is 5.41 Å². The summed E-state index contributed by atoms with van der Waals surface area (Å²) < 4.78 is 0. The number of aryl methyl sites for hydroxylation is 1. The number of rotatable bonds is 4. The topological polar surface area (TPSA) is 72.8 Å². The van der Waals surface area contributed by atoms with Gasteiger partial charge in [-0.2, -0.15) is 0 Å². The molecule has 2 aliphatic heterocycles. The van der Waals surface area contributed by atoms with Crippen LogP contribution in [0.15, 0.2) is 36.7 Å². The number of hydrogen-bond donors (Lipinski definition) is 1. The number of fused-ring (bicyclic) bond motifs is 1. The predicted molar refractivity (Wildman–Crippen MR) is 122 cm³/mol. The molecular formula is C24H33N5O2. The van der Waals surface area contributed by atoms with Gasteiger partial charge in [0.15, 0.2) is 0 Å². The molecule has 1 aromatic heterocycles. The van der Waals surface area contributed by atoms with Crippen molar-refractivity contribution in [2.45, 2.75) is 39.7 Å². The minimum atomic E-state index is -0.543. The Morgan fingerprint density at radius 2 is 1.81 bits per heavy atom. The molecule has 1 N–H and O–H groups in total. The number of anilines is 2. The van der Waals surface area contributed by atoms with Gasteiger partial charge in [-0.25, -0.2) is 9.97 Å². The number of nitrogens with zero attached hydrogens (tertiary/aromatic N) is 5. The van der Waals surface area contributed by atoms with Gasteiger partial charge >= 0.3 is 0 Å². The summed E-state index contributed by atoms with van der Waals surface area (Å²) >= 11 is 0. The lowest BCUT2D eigenvalue weighted by molar-refractivity contribution is -0.125. The van der Waals surface area contributed by atoms with E-state index in [1.165, 1.54) is 0 Å². The Balaban J connectivity index is 1.39. The maximum absolute atomic E-state index is 12.8. The number of aromatic nitrogens is 2. The molecule has 1 atom stereocenters. The Kier molecular flexibility index (Phi) is 6.25. The molecule has 31 heavy (non-hydrogen) atoms. The summed E-state index contributed by atoms with van der Waals surface area (Å²) in [4.78, 5) is 27.9. The molecule has 7 heteroatoms. The Hall–Kier alpha value is -2.51. The van der Waals surface area contributed by atoms with Crippen molar-refractivity contribution >= 4 is 17.5 Å². The molecular weight excluding hydrogens is 390 g/mol. The zero-order chi connectivity index (χ0) is 22.0. The normalized spacial score (nSPS) is 18.6. The zero-order valence-electron chi connectivity index (χ0n) is 18.8. The van der Waals surface area contributed by atoms with Crippen LogP contribution in [0.5, 0.6) is 0 Å². The maximum Gasteiger partial charge on any atom is 0.232 e. The molecule has 1 aromatic carbocycles. The summed E-state index contributed by atoms with van der Waals surface area (Å²) in [7, 11) is 0. The zero-order valence-corrected chi connectivity index (χ0v) is 18.8. The number of carbonyl (C=O) groups excluding carboxylic acids is 1. The summed E-state index contributed by atoms with van der Waals surface area (Å²) in [6, 6.07) is 7.91. The van der Waals surface area contributed by atoms with Gasteiger partial charge in [0.05, 0.1) is 6.10 Å². The van der Waals surface area contributed by atoms with Crippen LogP contribution in [0, 0.1) is 5.41 Å². The van der Waals surface area contributed by atoms with Crippen LogP contribution in [0.3, 0.4) is 0 Å². The number of hydrogen-bond acceptors (Lipinski definition) is 6. The highest BCUT2D eigenvalue weighted by atomic mass is 16.3. The van der Waals surface area contributed by atoms with E-state index >= 15 is 0 Å². The molecule has 0 bridgehead atoms. The number of aliphatic hydroxyl groups excluding tert-OH is 1. The highest BCUT2D eigenvalue weighted by molar-refractivity contribution is 5.98. The highest BCUT2D eigenvalue weighted by Gasteiger charge is 2.31. The van der Waals surface area contributed by atoms with Gasteiger partial charge in [0.2, 0.25) is 11.9 Å². The van der Waals surface area contributed by atoms with E-state index in [-0.39, 0.29) is 5.91 Å². The Labute approximate surface area is 184 Å². The van der Waals surface area contributed by atoms with Crippen molar-refractivity contribution < 1.29 is 9.90 Å². The van der Waals surface area contributed by atoms with Gasteiger partial charge < -0.3 is 14.9 Å². The van der Waals surface area contributed by atoms with Gasteiger partial charge in [0, 0.05) is 62.8 Å². The van der Waals surface area contributed by atoms with E-state index in [1.807, 2.05) is 43.9 Å². The standard InChI is InChI=1S/C24H33N5O2/c1-24(2,3)22(31)29-11-4-6-18-16-19(7-8-20(18)29)21(30)17-27-12-14-28(15-13-27)23-25-9-5-10-26-23/h5,7-10,16,21,30H,4,6,11-15,17H2,1-3H3/t21-/m0/s1. The van der Waals surface area contributed by atoms with Gasteiger partial charge in [0.25, 0.3) is 0 Å². The molecule has 0 unspecified atom stereocenters. The number of amides is 1. The van der Waals surface area contributed by atoms with E-state index in [4.69, 9.17) is 0 Å². The van der Waals surface area contributed by atoms with Crippen LogP contribution in [0.2, 0.25) is 0 Å². The number of carbonyl (C=O) groups is 1. The van der Waals surface area contributed by atoms with Crippen LogP contribution in [-0.4, -0.2) is 65.2 Å². The van der Waals surface area contributed by atoms with Crippen LogP contribution < -0.4 is 9.80 Å².